The van der Waals surface area contributed by atoms with Crippen molar-refractivity contribution in [3.63, 3.8) is 0 Å². The highest BCUT2D eigenvalue weighted by atomic mass is 32.2. The van der Waals surface area contributed by atoms with Gasteiger partial charge in [-0.05, 0) is 37.6 Å². The minimum atomic E-state index is -0.209. The first-order valence-electron chi connectivity index (χ1n) is 10.2. The smallest absolute Gasteiger partial charge is 0.274 e. The molecule has 2 aromatic carbocycles. The molecule has 162 valence electrons. The Labute approximate surface area is 189 Å². The van der Waals surface area contributed by atoms with Gasteiger partial charge in [-0.15, -0.1) is 11.8 Å². The molecule has 4 rings (SSSR count). The van der Waals surface area contributed by atoms with Crippen LogP contribution >= 0.6 is 11.8 Å². The Bertz CT molecular complexity index is 1330. The van der Waals surface area contributed by atoms with E-state index in [1.807, 2.05) is 68.4 Å². The summed E-state index contributed by atoms with van der Waals surface area (Å²) in [5.74, 6) is 0.654. The van der Waals surface area contributed by atoms with Crippen molar-refractivity contribution in [3.8, 4) is 0 Å². The summed E-state index contributed by atoms with van der Waals surface area (Å²) in [6, 6.07) is 18.9. The standard InChI is InChI=1S/C24H23N5O2S/c1-17(2)28-16-25-24-26-19(14-23(31)29(24)28)15-32-21-11-7-6-10-20(21)27-22(30)13-12-18-8-4-3-5-9-18/h3-14,16-17H,15H2,1-2H3,(H,27,30)/b13-12+. The zero-order valence-electron chi connectivity index (χ0n) is 17.8. The minimum absolute atomic E-state index is 0.103. The van der Waals surface area contributed by atoms with Crippen molar-refractivity contribution in [2.24, 2.45) is 0 Å². The van der Waals surface area contributed by atoms with E-state index < -0.39 is 0 Å². The largest absolute Gasteiger partial charge is 0.321 e. The molecule has 1 N–H and O–H groups in total. The van der Waals surface area contributed by atoms with E-state index in [1.165, 1.54) is 28.4 Å². The molecule has 4 aromatic rings. The Morgan fingerprint density at radius 1 is 1.12 bits per heavy atom. The maximum absolute atomic E-state index is 12.6. The third kappa shape index (κ3) is 4.97. The van der Waals surface area contributed by atoms with E-state index in [2.05, 4.69) is 15.3 Å². The molecule has 0 aliphatic heterocycles. The molecule has 0 bridgehead atoms. The molecular formula is C24H23N5O2S. The van der Waals surface area contributed by atoms with Gasteiger partial charge in [0.1, 0.15) is 6.33 Å². The van der Waals surface area contributed by atoms with Crippen LogP contribution in [0.5, 0.6) is 0 Å². The van der Waals surface area contributed by atoms with Crippen LogP contribution in [0.3, 0.4) is 0 Å². The number of anilines is 1. The summed E-state index contributed by atoms with van der Waals surface area (Å²) < 4.78 is 3.24. The molecule has 0 unspecified atom stereocenters. The van der Waals surface area contributed by atoms with Crippen LogP contribution in [0.1, 0.15) is 31.1 Å². The quantitative estimate of drug-likeness (QED) is 0.336. The number of fused-ring (bicyclic) bond motifs is 1. The summed E-state index contributed by atoms with van der Waals surface area (Å²) in [4.78, 5) is 34.6. The van der Waals surface area contributed by atoms with Crippen LogP contribution in [-0.4, -0.2) is 25.1 Å². The van der Waals surface area contributed by atoms with Crippen molar-refractivity contribution < 1.29 is 4.79 Å². The second-order valence-corrected chi connectivity index (χ2v) is 8.45. The zero-order valence-corrected chi connectivity index (χ0v) is 18.6. The van der Waals surface area contributed by atoms with E-state index >= 15 is 0 Å². The Hall–Kier alpha value is -3.65. The molecule has 2 heterocycles. The number of hydrogen-bond donors (Lipinski definition) is 1. The van der Waals surface area contributed by atoms with E-state index in [1.54, 1.807) is 17.1 Å². The molecule has 0 saturated carbocycles. The van der Waals surface area contributed by atoms with Gasteiger partial charge in [-0.3, -0.25) is 14.3 Å². The topological polar surface area (TPSA) is 81.3 Å². The molecule has 32 heavy (non-hydrogen) atoms. The number of thioether (sulfide) groups is 1. The number of benzene rings is 2. The zero-order chi connectivity index (χ0) is 22.5. The van der Waals surface area contributed by atoms with Crippen LogP contribution in [0.4, 0.5) is 5.69 Å². The highest BCUT2D eigenvalue weighted by molar-refractivity contribution is 7.98. The van der Waals surface area contributed by atoms with Crippen LogP contribution in [-0.2, 0) is 10.5 Å². The van der Waals surface area contributed by atoms with Gasteiger partial charge in [0.25, 0.3) is 11.3 Å². The first-order valence-corrected chi connectivity index (χ1v) is 11.2. The molecular weight excluding hydrogens is 422 g/mol. The highest BCUT2D eigenvalue weighted by Crippen LogP contribution is 2.29. The van der Waals surface area contributed by atoms with E-state index in [4.69, 9.17) is 0 Å². The van der Waals surface area contributed by atoms with Crippen LogP contribution in [0.2, 0.25) is 0 Å². The lowest BCUT2D eigenvalue weighted by Gasteiger charge is -2.10. The van der Waals surface area contributed by atoms with Gasteiger partial charge in [-0.25, -0.2) is 4.98 Å². The Balaban J connectivity index is 1.47. The molecule has 0 aliphatic carbocycles. The average Bonchev–Trinajstić information content (AvgIpc) is 3.23. The minimum Gasteiger partial charge on any atom is -0.321 e. The molecule has 1 amide bonds. The van der Waals surface area contributed by atoms with Crippen molar-refractivity contribution in [2.45, 2.75) is 30.5 Å². The summed E-state index contributed by atoms with van der Waals surface area (Å²) in [6.45, 7) is 3.97. The predicted octanol–water partition coefficient (Wildman–Crippen LogP) is 4.42. The van der Waals surface area contributed by atoms with Gasteiger partial charge < -0.3 is 5.32 Å². The number of carbonyl (C=O) groups is 1. The summed E-state index contributed by atoms with van der Waals surface area (Å²) in [5, 5.41) is 2.93. The van der Waals surface area contributed by atoms with Crippen LogP contribution in [0.15, 0.2) is 82.8 Å². The number of carbonyl (C=O) groups excluding carboxylic acids is 1. The lowest BCUT2D eigenvalue weighted by molar-refractivity contribution is -0.111. The van der Waals surface area contributed by atoms with Gasteiger partial charge in [-0.1, -0.05) is 42.5 Å². The number of amides is 1. The SMILES string of the molecule is CC(C)n1cnc2nc(CSc3ccccc3NC(=O)/C=C/c3ccccc3)cc(=O)n21. The Morgan fingerprint density at radius 2 is 1.88 bits per heavy atom. The van der Waals surface area contributed by atoms with Crippen molar-refractivity contribution in [3.05, 3.63) is 94.7 Å². The summed E-state index contributed by atoms with van der Waals surface area (Å²) in [5.41, 5.74) is 2.14. The molecule has 0 atom stereocenters. The van der Waals surface area contributed by atoms with Gasteiger partial charge >= 0.3 is 0 Å². The van der Waals surface area contributed by atoms with Gasteiger partial charge in [0, 0.05) is 28.8 Å². The summed E-state index contributed by atoms with van der Waals surface area (Å²) in [7, 11) is 0. The monoisotopic (exact) mass is 445 g/mol. The van der Waals surface area contributed by atoms with Gasteiger partial charge in [0.15, 0.2) is 0 Å². The third-order valence-electron chi connectivity index (χ3n) is 4.73. The second-order valence-electron chi connectivity index (χ2n) is 7.43. The lowest BCUT2D eigenvalue weighted by atomic mass is 10.2. The van der Waals surface area contributed by atoms with Gasteiger partial charge in [-0.2, -0.15) is 9.50 Å². The number of hydrogen-bond acceptors (Lipinski definition) is 5. The summed E-state index contributed by atoms with van der Waals surface area (Å²) >= 11 is 1.50. The maximum atomic E-state index is 12.6. The van der Waals surface area contributed by atoms with E-state index in [0.29, 0.717) is 22.9 Å². The highest BCUT2D eigenvalue weighted by Gasteiger charge is 2.11. The van der Waals surface area contributed by atoms with E-state index in [9.17, 15) is 9.59 Å². The van der Waals surface area contributed by atoms with Gasteiger partial charge in [0.2, 0.25) is 5.91 Å². The number of nitrogens with one attached hydrogen (secondary N) is 1. The third-order valence-corrected chi connectivity index (χ3v) is 5.84. The van der Waals surface area contributed by atoms with Crippen LogP contribution in [0.25, 0.3) is 11.9 Å². The normalized spacial score (nSPS) is 11.5. The lowest BCUT2D eigenvalue weighted by Crippen LogP contribution is -2.22. The molecule has 0 aliphatic rings. The molecule has 0 spiro atoms. The number of aromatic nitrogens is 4. The molecule has 7 nitrogen and oxygen atoms in total. The first kappa shape index (κ1) is 21.6. The fraction of sp³-hybridized carbons (Fsp3) is 0.167. The molecule has 0 radical (unpaired) electrons. The van der Waals surface area contributed by atoms with Crippen molar-refractivity contribution >= 4 is 35.2 Å². The fourth-order valence-corrected chi connectivity index (χ4v) is 4.07. The number of nitrogens with zero attached hydrogens (tertiary/aromatic N) is 4. The average molecular weight is 446 g/mol. The second kappa shape index (κ2) is 9.65. The van der Waals surface area contributed by atoms with Crippen molar-refractivity contribution in [2.75, 3.05) is 5.32 Å². The maximum Gasteiger partial charge on any atom is 0.274 e. The number of rotatable bonds is 7. The number of para-hydroxylation sites is 1. The summed E-state index contributed by atoms with van der Waals surface area (Å²) in [6.07, 6.45) is 4.91. The fourth-order valence-electron chi connectivity index (χ4n) is 3.17. The first-order chi connectivity index (χ1) is 15.5. The van der Waals surface area contributed by atoms with Crippen molar-refractivity contribution in [1.82, 2.24) is 19.2 Å². The Morgan fingerprint density at radius 3 is 2.66 bits per heavy atom. The predicted molar refractivity (Wildman–Crippen MR) is 128 cm³/mol. The van der Waals surface area contributed by atoms with Crippen LogP contribution in [0, 0.1) is 0 Å². The van der Waals surface area contributed by atoms with Crippen LogP contribution < -0.4 is 10.9 Å². The van der Waals surface area contributed by atoms with E-state index in [-0.39, 0.29) is 17.5 Å². The van der Waals surface area contributed by atoms with E-state index in [0.717, 1.165) is 10.5 Å². The molecule has 2 aromatic heterocycles. The molecule has 0 fully saturated rings. The van der Waals surface area contributed by atoms with Crippen molar-refractivity contribution in [1.29, 1.82) is 0 Å². The molecule has 0 saturated heterocycles. The molecule has 8 heteroatoms. The van der Waals surface area contributed by atoms with Gasteiger partial charge in [0.05, 0.1) is 11.4 Å². The Kier molecular flexibility index (Phi) is 6.51.